The number of carbonyl (C=O) groups excluding carboxylic acids is 2. The molecule has 0 aliphatic carbocycles. The third-order valence-electron chi connectivity index (χ3n) is 6.09. The lowest BCUT2D eigenvalue weighted by atomic mass is 10.2. The highest BCUT2D eigenvalue weighted by Gasteiger charge is 2.22. The standard InChI is InChI=1S/C26H31N5O4/c1-34-22-11-6-5-10-21(22)30-14-16-31(17-15-30)26-19-8-3-4-9-20(19)28-23(29-26)18-27-24(32)12-7-13-25(33)35-2/h3-6,8-11H,7,12-18H2,1-2H3,(H,27,32). The maximum Gasteiger partial charge on any atom is 0.305 e. The fourth-order valence-electron chi connectivity index (χ4n) is 4.24. The first-order chi connectivity index (χ1) is 17.1. The number of rotatable bonds is 9. The lowest BCUT2D eigenvalue weighted by Gasteiger charge is -2.37. The van der Waals surface area contributed by atoms with Gasteiger partial charge in [-0.25, -0.2) is 9.97 Å². The maximum atomic E-state index is 12.2. The predicted molar refractivity (Wildman–Crippen MR) is 135 cm³/mol. The van der Waals surface area contributed by atoms with Crippen LogP contribution in [0.15, 0.2) is 48.5 Å². The maximum absolute atomic E-state index is 12.2. The van der Waals surface area contributed by atoms with Gasteiger partial charge >= 0.3 is 5.97 Å². The fourth-order valence-corrected chi connectivity index (χ4v) is 4.24. The summed E-state index contributed by atoms with van der Waals surface area (Å²) in [5.41, 5.74) is 1.94. The average molecular weight is 478 g/mol. The van der Waals surface area contributed by atoms with Crippen LogP contribution >= 0.6 is 0 Å². The van der Waals surface area contributed by atoms with Gasteiger partial charge < -0.3 is 24.6 Å². The summed E-state index contributed by atoms with van der Waals surface area (Å²) in [6.45, 7) is 3.52. The molecule has 0 saturated carbocycles. The first-order valence-electron chi connectivity index (χ1n) is 11.8. The molecule has 9 nitrogen and oxygen atoms in total. The molecule has 1 N–H and O–H groups in total. The third kappa shape index (κ3) is 5.98. The number of ether oxygens (including phenoxy) is 2. The lowest BCUT2D eigenvalue weighted by molar-refractivity contribution is -0.140. The highest BCUT2D eigenvalue weighted by molar-refractivity contribution is 5.89. The molecule has 4 rings (SSSR count). The Labute approximate surface area is 205 Å². The van der Waals surface area contributed by atoms with E-state index in [-0.39, 0.29) is 31.3 Å². The Kier molecular flexibility index (Phi) is 7.97. The topological polar surface area (TPSA) is 96.9 Å². The zero-order valence-electron chi connectivity index (χ0n) is 20.2. The van der Waals surface area contributed by atoms with Gasteiger partial charge in [0.15, 0.2) is 5.82 Å². The second-order valence-corrected chi connectivity index (χ2v) is 8.33. The van der Waals surface area contributed by atoms with Crippen LogP contribution in [-0.2, 0) is 20.9 Å². The molecule has 0 unspecified atom stereocenters. The number of hydrogen-bond acceptors (Lipinski definition) is 8. The Morgan fingerprint density at radius 1 is 0.914 bits per heavy atom. The minimum Gasteiger partial charge on any atom is -0.495 e. The molecule has 1 aliphatic heterocycles. The van der Waals surface area contributed by atoms with Gasteiger partial charge in [-0.15, -0.1) is 0 Å². The van der Waals surface area contributed by atoms with E-state index in [4.69, 9.17) is 9.72 Å². The molecule has 1 aliphatic rings. The second-order valence-electron chi connectivity index (χ2n) is 8.33. The van der Waals surface area contributed by atoms with Crippen LogP contribution in [0.3, 0.4) is 0 Å². The lowest BCUT2D eigenvalue weighted by Crippen LogP contribution is -2.47. The zero-order valence-corrected chi connectivity index (χ0v) is 20.2. The number of piperazine rings is 1. The SMILES string of the molecule is COC(=O)CCCC(=O)NCc1nc(N2CCN(c3ccccc3OC)CC2)c2ccccc2n1. The first kappa shape index (κ1) is 24.3. The molecule has 0 atom stereocenters. The second kappa shape index (κ2) is 11.5. The van der Waals surface area contributed by atoms with Gasteiger partial charge in [0, 0.05) is 44.4 Å². The molecule has 9 heteroatoms. The summed E-state index contributed by atoms with van der Waals surface area (Å²) in [7, 11) is 3.04. The number of methoxy groups -OCH3 is 2. The van der Waals surface area contributed by atoms with Crippen molar-refractivity contribution in [3.63, 3.8) is 0 Å². The van der Waals surface area contributed by atoms with Crippen molar-refractivity contribution in [3.05, 3.63) is 54.4 Å². The van der Waals surface area contributed by atoms with Crippen molar-refractivity contribution in [1.29, 1.82) is 0 Å². The van der Waals surface area contributed by atoms with E-state index in [1.807, 2.05) is 42.5 Å². The largest absolute Gasteiger partial charge is 0.495 e. The minimum absolute atomic E-state index is 0.141. The molecular weight excluding hydrogens is 446 g/mol. The number of esters is 1. The van der Waals surface area contributed by atoms with E-state index in [2.05, 4.69) is 30.9 Å². The van der Waals surface area contributed by atoms with Crippen LogP contribution < -0.4 is 19.9 Å². The van der Waals surface area contributed by atoms with Crippen molar-refractivity contribution >= 4 is 34.3 Å². The van der Waals surface area contributed by atoms with Gasteiger partial charge in [0.2, 0.25) is 5.91 Å². The van der Waals surface area contributed by atoms with E-state index in [0.29, 0.717) is 12.2 Å². The summed E-state index contributed by atoms with van der Waals surface area (Å²) in [4.78, 5) is 37.5. The van der Waals surface area contributed by atoms with Crippen molar-refractivity contribution in [2.45, 2.75) is 25.8 Å². The Balaban J connectivity index is 1.44. The summed E-state index contributed by atoms with van der Waals surface area (Å²) in [5, 5.41) is 3.86. The van der Waals surface area contributed by atoms with Crippen LogP contribution in [0.2, 0.25) is 0 Å². The number of hydrogen-bond donors (Lipinski definition) is 1. The number of carbonyl (C=O) groups is 2. The molecule has 184 valence electrons. The smallest absolute Gasteiger partial charge is 0.305 e. The molecule has 0 spiro atoms. The molecule has 35 heavy (non-hydrogen) atoms. The quantitative estimate of drug-likeness (QED) is 0.470. The number of benzene rings is 2. The summed E-state index contributed by atoms with van der Waals surface area (Å²) in [6, 6.07) is 16.0. The van der Waals surface area contributed by atoms with E-state index in [9.17, 15) is 9.59 Å². The third-order valence-corrected chi connectivity index (χ3v) is 6.09. The number of nitrogens with zero attached hydrogens (tertiary/aromatic N) is 4. The van der Waals surface area contributed by atoms with Crippen LogP contribution in [0.5, 0.6) is 5.75 Å². The van der Waals surface area contributed by atoms with Crippen LogP contribution in [-0.4, -0.2) is 62.2 Å². The van der Waals surface area contributed by atoms with E-state index in [1.165, 1.54) is 7.11 Å². The van der Waals surface area contributed by atoms with E-state index in [1.54, 1.807) is 7.11 Å². The summed E-state index contributed by atoms with van der Waals surface area (Å²) in [5.74, 6) is 1.86. The van der Waals surface area contributed by atoms with Crippen LogP contribution in [0.25, 0.3) is 10.9 Å². The molecule has 1 saturated heterocycles. The number of para-hydroxylation sites is 3. The van der Waals surface area contributed by atoms with Crippen molar-refractivity contribution < 1.29 is 19.1 Å². The van der Waals surface area contributed by atoms with E-state index in [0.717, 1.165) is 54.3 Å². The Morgan fingerprint density at radius 2 is 1.63 bits per heavy atom. The van der Waals surface area contributed by atoms with Crippen LogP contribution in [0, 0.1) is 0 Å². The highest BCUT2D eigenvalue weighted by Crippen LogP contribution is 2.30. The first-order valence-corrected chi connectivity index (χ1v) is 11.8. The van der Waals surface area contributed by atoms with Gasteiger partial charge in [-0.1, -0.05) is 24.3 Å². The van der Waals surface area contributed by atoms with Gasteiger partial charge in [-0.3, -0.25) is 9.59 Å². The normalized spacial score (nSPS) is 13.5. The number of anilines is 2. The van der Waals surface area contributed by atoms with Crippen LogP contribution in [0.1, 0.15) is 25.1 Å². The van der Waals surface area contributed by atoms with E-state index < -0.39 is 0 Å². The number of aromatic nitrogens is 2. The Morgan fingerprint density at radius 3 is 2.40 bits per heavy atom. The minimum atomic E-state index is -0.314. The monoisotopic (exact) mass is 477 g/mol. The van der Waals surface area contributed by atoms with Gasteiger partial charge in [0.05, 0.1) is 32.0 Å². The zero-order chi connectivity index (χ0) is 24.6. The molecule has 0 radical (unpaired) electrons. The Bertz CT molecular complexity index is 1180. The molecule has 3 aromatic rings. The Hall–Kier alpha value is -3.88. The van der Waals surface area contributed by atoms with Gasteiger partial charge in [-0.2, -0.15) is 0 Å². The predicted octanol–water partition coefficient (Wildman–Crippen LogP) is 2.92. The molecule has 1 aromatic heterocycles. The fraction of sp³-hybridized carbons (Fsp3) is 0.385. The summed E-state index contributed by atoms with van der Waals surface area (Å²) >= 11 is 0. The van der Waals surface area contributed by atoms with Gasteiger partial charge in [0.25, 0.3) is 0 Å². The van der Waals surface area contributed by atoms with Crippen molar-refractivity contribution in [2.75, 3.05) is 50.2 Å². The van der Waals surface area contributed by atoms with Crippen molar-refractivity contribution in [2.24, 2.45) is 0 Å². The number of fused-ring (bicyclic) bond motifs is 1. The molecule has 2 aromatic carbocycles. The summed E-state index contributed by atoms with van der Waals surface area (Å²) < 4.78 is 10.1. The highest BCUT2D eigenvalue weighted by atomic mass is 16.5. The summed E-state index contributed by atoms with van der Waals surface area (Å²) in [6.07, 6.45) is 0.917. The van der Waals surface area contributed by atoms with Crippen molar-refractivity contribution in [1.82, 2.24) is 15.3 Å². The van der Waals surface area contributed by atoms with E-state index >= 15 is 0 Å². The molecule has 0 bridgehead atoms. The number of amides is 1. The molecule has 2 heterocycles. The molecular formula is C26H31N5O4. The van der Waals surface area contributed by atoms with Gasteiger partial charge in [0.1, 0.15) is 11.6 Å². The number of nitrogens with one attached hydrogen (secondary N) is 1. The average Bonchev–Trinajstić information content (AvgIpc) is 2.91. The van der Waals surface area contributed by atoms with Crippen molar-refractivity contribution in [3.8, 4) is 5.75 Å². The molecule has 1 amide bonds. The van der Waals surface area contributed by atoms with Crippen LogP contribution in [0.4, 0.5) is 11.5 Å². The van der Waals surface area contributed by atoms with Gasteiger partial charge in [-0.05, 0) is 30.7 Å². The molecule has 1 fully saturated rings.